The summed E-state index contributed by atoms with van der Waals surface area (Å²) in [5.41, 5.74) is 1.12. The molecule has 0 spiro atoms. The van der Waals surface area contributed by atoms with Crippen molar-refractivity contribution in [3.05, 3.63) is 29.6 Å². The number of thioether (sulfide) groups is 1. The second-order valence-corrected chi connectivity index (χ2v) is 5.74. The van der Waals surface area contributed by atoms with Gasteiger partial charge < -0.3 is 10.1 Å². The molecule has 2 aliphatic rings. The number of rotatable bonds is 2. The molecule has 17 heavy (non-hydrogen) atoms. The fourth-order valence-electron chi connectivity index (χ4n) is 2.49. The van der Waals surface area contributed by atoms with E-state index in [1.165, 1.54) is 4.90 Å². The van der Waals surface area contributed by atoms with Gasteiger partial charge in [0, 0.05) is 23.6 Å². The maximum absolute atomic E-state index is 13.3. The van der Waals surface area contributed by atoms with Crippen LogP contribution in [0.4, 0.5) is 4.39 Å². The van der Waals surface area contributed by atoms with E-state index in [0.717, 1.165) is 37.4 Å². The summed E-state index contributed by atoms with van der Waals surface area (Å²) in [4.78, 5) is 1.22. The van der Waals surface area contributed by atoms with Crippen LogP contribution < -0.4 is 5.32 Å². The van der Waals surface area contributed by atoms with E-state index < -0.39 is 0 Å². The van der Waals surface area contributed by atoms with E-state index in [0.29, 0.717) is 6.04 Å². The predicted octanol–water partition coefficient (Wildman–Crippen LogP) is 2.74. The van der Waals surface area contributed by atoms with E-state index in [4.69, 9.17) is 4.74 Å². The number of hydrogen-bond acceptors (Lipinski definition) is 3. The van der Waals surface area contributed by atoms with Gasteiger partial charge in [-0.2, -0.15) is 0 Å². The molecule has 1 aromatic rings. The van der Waals surface area contributed by atoms with Gasteiger partial charge in [-0.1, -0.05) is 0 Å². The highest BCUT2D eigenvalue weighted by atomic mass is 32.2. The second-order valence-electron chi connectivity index (χ2n) is 4.60. The lowest BCUT2D eigenvalue weighted by atomic mass is 10.0. The minimum Gasteiger partial charge on any atom is -0.380 e. The highest BCUT2D eigenvalue weighted by Crippen LogP contribution is 2.36. The van der Waals surface area contributed by atoms with Crippen molar-refractivity contribution in [1.82, 2.24) is 5.32 Å². The summed E-state index contributed by atoms with van der Waals surface area (Å²) < 4.78 is 18.7. The molecule has 2 atom stereocenters. The lowest BCUT2D eigenvalue weighted by molar-refractivity contribution is 0.187. The molecule has 2 nitrogen and oxygen atoms in total. The summed E-state index contributed by atoms with van der Waals surface area (Å²) in [5, 5.41) is 3.60. The predicted molar refractivity (Wildman–Crippen MR) is 66.8 cm³/mol. The first-order chi connectivity index (χ1) is 8.33. The highest BCUT2D eigenvalue weighted by Gasteiger charge is 2.25. The van der Waals surface area contributed by atoms with Crippen molar-refractivity contribution in [2.24, 2.45) is 0 Å². The van der Waals surface area contributed by atoms with Crippen LogP contribution in [0.1, 0.15) is 24.4 Å². The minimum absolute atomic E-state index is 0.138. The van der Waals surface area contributed by atoms with Crippen molar-refractivity contribution >= 4 is 11.8 Å². The van der Waals surface area contributed by atoms with Crippen molar-refractivity contribution in [2.75, 3.05) is 19.0 Å². The minimum atomic E-state index is -0.138. The van der Waals surface area contributed by atoms with Crippen molar-refractivity contribution < 1.29 is 9.13 Å². The zero-order chi connectivity index (χ0) is 11.7. The topological polar surface area (TPSA) is 21.3 Å². The van der Waals surface area contributed by atoms with Crippen molar-refractivity contribution in [1.29, 1.82) is 0 Å². The summed E-state index contributed by atoms with van der Waals surface area (Å²) in [6.45, 7) is 1.63. The molecule has 92 valence electrons. The smallest absolute Gasteiger partial charge is 0.123 e. The average molecular weight is 253 g/mol. The Morgan fingerprint density at radius 2 is 2.29 bits per heavy atom. The Morgan fingerprint density at radius 3 is 3.12 bits per heavy atom. The van der Waals surface area contributed by atoms with Crippen LogP contribution in [0.25, 0.3) is 0 Å². The van der Waals surface area contributed by atoms with Crippen LogP contribution in [0.2, 0.25) is 0 Å². The van der Waals surface area contributed by atoms with Crippen LogP contribution in [0.15, 0.2) is 23.1 Å². The molecule has 0 amide bonds. The van der Waals surface area contributed by atoms with E-state index in [1.54, 1.807) is 12.1 Å². The SMILES string of the molecule is Fc1ccc2c(c1)C(NC1CCOC1)CCS2. The maximum atomic E-state index is 13.3. The Balaban J connectivity index is 1.80. The third-order valence-electron chi connectivity index (χ3n) is 3.38. The summed E-state index contributed by atoms with van der Waals surface area (Å²) in [5.74, 6) is 0.963. The van der Waals surface area contributed by atoms with Crippen molar-refractivity contribution in [2.45, 2.75) is 29.8 Å². The number of nitrogens with one attached hydrogen (secondary N) is 1. The number of benzene rings is 1. The van der Waals surface area contributed by atoms with Crippen molar-refractivity contribution in [3.8, 4) is 0 Å². The van der Waals surface area contributed by atoms with Crippen LogP contribution in [-0.4, -0.2) is 25.0 Å². The maximum Gasteiger partial charge on any atom is 0.123 e. The first-order valence-electron chi connectivity index (χ1n) is 6.09. The van der Waals surface area contributed by atoms with Crippen LogP contribution in [0.5, 0.6) is 0 Å². The first-order valence-corrected chi connectivity index (χ1v) is 7.07. The van der Waals surface area contributed by atoms with Gasteiger partial charge in [0.15, 0.2) is 0 Å². The summed E-state index contributed by atoms with van der Waals surface area (Å²) in [6.07, 6.45) is 2.13. The van der Waals surface area contributed by atoms with Gasteiger partial charge in [-0.05, 0) is 42.4 Å². The van der Waals surface area contributed by atoms with Crippen LogP contribution in [-0.2, 0) is 4.74 Å². The fourth-order valence-corrected chi connectivity index (χ4v) is 3.59. The highest BCUT2D eigenvalue weighted by molar-refractivity contribution is 7.99. The van der Waals surface area contributed by atoms with Gasteiger partial charge in [0.1, 0.15) is 5.82 Å². The van der Waals surface area contributed by atoms with E-state index >= 15 is 0 Å². The first kappa shape index (κ1) is 11.5. The average Bonchev–Trinajstić information content (AvgIpc) is 2.83. The number of fused-ring (bicyclic) bond motifs is 1. The standard InChI is InChI=1S/C13H16FNOS/c14-9-1-2-13-11(7-9)12(4-6-17-13)15-10-3-5-16-8-10/h1-2,7,10,12,15H,3-6,8H2. The van der Waals surface area contributed by atoms with Crippen molar-refractivity contribution in [3.63, 3.8) is 0 Å². The molecule has 3 rings (SSSR count). The Morgan fingerprint density at radius 1 is 1.35 bits per heavy atom. The molecule has 0 saturated carbocycles. The summed E-state index contributed by atoms with van der Waals surface area (Å²) in [6, 6.07) is 5.84. The van der Waals surface area contributed by atoms with Crippen LogP contribution in [0, 0.1) is 5.82 Å². The Kier molecular flexibility index (Phi) is 3.36. The Labute approximate surface area is 105 Å². The number of hydrogen-bond donors (Lipinski definition) is 1. The van der Waals surface area contributed by atoms with Gasteiger partial charge in [0.25, 0.3) is 0 Å². The normalized spacial score (nSPS) is 28.1. The Bertz CT molecular complexity index is 406. The van der Waals surface area contributed by atoms with E-state index in [9.17, 15) is 4.39 Å². The third kappa shape index (κ3) is 2.49. The van der Waals surface area contributed by atoms with Gasteiger partial charge in [-0.3, -0.25) is 0 Å². The molecule has 0 aliphatic carbocycles. The van der Waals surface area contributed by atoms with Gasteiger partial charge in [-0.15, -0.1) is 11.8 Å². The molecule has 0 aromatic heterocycles. The summed E-state index contributed by atoms with van der Waals surface area (Å²) in [7, 11) is 0. The molecule has 1 fully saturated rings. The molecule has 2 heterocycles. The largest absolute Gasteiger partial charge is 0.380 e. The Hall–Kier alpha value is -0.580. The molecule has 1 aromatic carbocycles. The molecule has 4 heteroatoms. The molecular formula is C13H16FNOS. The fraction of sp³-hybridized carbons (Fsp3) is 0.538. The van der Waals surface area contributed by atoms with Crippen LogP contribution >= 0.6 is 11.8 Å². The lowest BCUT2D eigenvalue weighted by Gasteiger charge is -2.28. The van der Waals surface area contributed by atoms with Gasteiger partial charge >= 0.3 is 0 Å². The molecule has 0 radical (unpaired) electrons. The second kappa shape index (κ2) is 4.96. The molecular weight excluding hydrogens is 237 g/mol. The van der Waals surface area contributed by atoms with E-state index in [-0.39, 0.29) is 11.9 Å². The van der Waals surface area contributed by atoms with E-state index in [2.05, 4.69) is 5.32 Å². The quantitative estimate of drug-likeness (QED) is 0.875. The van der Waals surface area contributed by atoms with Crippen LogP contribution in [0.3, 0.4) is 0 Å². The molecule has 2 aliphatic heterocycles. The number of halogens is 1. The zero-order valence-corrected chi connectivity index (χ0v) is 10.4. The molecule has 2 unspecified atom stereocenters. The third-order valence-corrected chi connectivity index (χ3v) is 4.50. The monoisotopic (exact) mass is 253 g/mol. The van der Waals surface area contributed by atoms with Gasteiger partial charge in [-0.25, -0.2) is 4.39 Å². The zero-order valence-electron chi connectivity index (χ0n) is 9.62. The van der Waals surface area contributed by atoms with Gasteiger partial charge in [0.05, 0.1) is 6.61 Å². The molecule has 1 saturated heterocycles. The molecule has 1 N–H and O–H groups in total. The van der Waals surface area contributed by atoms with E-state index in [1.807, 2.05) is 17.8 Å². The lowest BCUT2D eigenvalue weighted by Crippen LogP contribution is -2.34. The molecule has 0 bridgehead atoms. The number of ether oxygens (including phenoxy) is 1. The summed E-state index contributed by atoms with van der Waals surface area (Å²) >= 11 is 1.82. The van der Waals surface area contributed by atoms with Gasteiger partial charge in [0.2, 0.25) is 0 Å².